The van der Waals surface area contributed by atoms with Crippen molar-refractivity contribution in [3.05, 3.63) is 24.3 Å². The Labute approximate surface area is 114 Å². The van der Waals surface area contributed by atoms with Crippen LogP contribution in [0, 0.1) is 0 Å². The van der Waals surface area contributed by atoms with Gasteiger partial charge in [-0.3, -0.25) is 20.3 Å². The van der Waals surface area contributed by atoms with Crippen LogP contribution in [0.2, 0.25) is 0 Å². The molecule has 1 fully saturated rings. The lowest BCUT2D eigenvalue weighted by Crippen LogP contribution is -2.46. The average Bonchev–Trinajstić information content (AvgIpc) is 2.75. The minimum Gasteiger partial charge on any atom is -0.493 e. The van der Waals surface area contributed by atoms with Gasteiger partial charge in [-0.25, -0.2) is 9.80 Å². The van der Waals surface area contributed by atoms with Crippen molar-refractivity contribution in [2.75, 3.05) is 20.3 Å². The van der Waals surface area contributed by atoms with Gasteiger partial charge in [0.2, 0.25) is 5.91 Å². The highest BCUT2D eigenvalue weighted by molar-refractivity contribution is 6.02. The van der Waals surface area contributed by atoms with E-state index in [9.17, 15) is 14.4 Å². The molecule has 0 radical (unpaired) electrons. The first-order chi connectivity index (χ1) is 9.60. The van der Waals surface area contributed by atoms with Gasteiger partial charge in [0.25, 0.3) is 5.91 Å². The second-order valence-corrected chi connectivity index (χ2v) is 3.91. The molecule has 0 aromatic heterocycles. The second kappa shape index (κ2) is 5.91. The molecule has 1 aromatic rings. The SMILES string of the molecule is COc1ccccc1OCC(=O)NN1CC(=O)NC1=O. The highest BCUT2D eigenvalue weighted by Gasteiger charge is 2.28. The molecule has 0 spiro atoms. The van der Waals surface area contributed by atoms with Gasteiger partial charge in [0.15, 0.2) is 18.1 Å². The highest BCUT2D eigenvalue weighted by Crippen LogP contribution is 2.25. The van der Waals surface area contributed by atoms with E-state index >= 15 is 0 Å². The van der Waals surface area contributed by atoms with Gasteiger partial charge in [0.1, 0.15) is 6.54 Å². The van der Waals surface area contributed by atoms with Crippen molar-refractivity contribution in [2.24, 2.45) is 0 Å². The van der Waals surface area contributed by atoms with Crippen molar-refractivity contribution in [2.45, 2.75) is 0 Å². The van der Waals surface area contributed by atoms with Gasteiger partial charge in [-0.15, -0.1) is 0 Å². The van der Waals surface area contributed by atoms with E-state index in [1.807, 2.05) is 5.32 Å². The fourth-order valence-electron chi connectivity index (χ4n) is 1.60. The van der Waals surface area contributed by atoms with Crippen LogP contribution in [-0.2, 0) is 9.59 Å². The maximum atomic E-state index is 11.6. The van der Waals surface area contributed by atoms with Gasteiger partial charge in [0, 0.05) is 0 Å². The summed E-state index contributed by atoms with van der Waals surface area (Å²) < 4.78 is 10.3. The first-order valence-electron chi connectivity index (χ1n) is 5.77. The molecule has 0 aliphatic carbocycles. The lowest BCUT2D eigenvalue weighted by molar-refractivity contribution is -0.127. The lowest BCUT2D eigenvalue weighted by atomic mass is 10.3. The van der Waals surface area contributed by atoms with Crippen LogP contribution in [0.3, 0.4) is 0 Å². The molecule has 2 N–H and O–H groups in total. The minimum atomic E-state index is -0.666. The maximum Gasteiger partial charge on any atom is 0.343 e. The summed E-state index contributed by atoms with van der Waals surface area (Å²) in [7, 11) is 1.49. The summed E-state index contributed by atoms with van der Waals surface area (Å²) in [5.74, 6) is -0.122. The van der Waals surface area contributed by atoms with Gasteiger partial charge in [-0.1, -0.05) is 12.1 Å². The minimum absolute atomic E-state index is 0.209. The zero-order chi connectivity index (χ0) is 14.5. The van der Waals surface area contributed by atoms with Crippen molar-refractivity contribution in [3.63, 3.8) is 0 Å². The zero-order valence-corrected chi connectivity index (χ0v) is 10.7. The van der Waals surface area contributed by atoms with Crippen LogP contribution in [0.5, 0.6) is 11.5 Å². The molecule has 0 unspecified atom stereocenters. The van der Waals surface area contributed by atoms with E-state index < -0.39 is 17.8 Å². The van der Waals surface area contributed by atoms with E-state index in [4.69, 9.17) is 9.47 Å². The van der Waals surface area contributed by atoms with Crippen molar-refractivity contribution in [1.82, 2.24) is 15.8 Å². The van der Waals surface area contributed by atoms with Crippen LogP contribution in [0.15, 0.2) is 24.3 Å². The summed E-state index contributed by atoms with van der Waals surface area (Å²) in [4.78, 5) is 33.8. The Kier molecular flexibility index (Phi) is 4.04. The molecule has 1 saturated heterocycles. The van der Waals surface area contributed by atoms with Crippen LogP contribution in [0.1, 0.15) is 0 Å². The topological polar surface area (TPSA) is 97.0 Å². The molecule has 1 heterocycles. The molecule has 0 saturated carbocycles. The Hall–Kier alpha value is -2.77. The van der Waals surface area contributed by atoms with Crippen LogP contribution >= 0.6 is 0 Å². The molecular formula is C12H13N3O5. The number of imide groups is 1. The van der Waals surface area contributed by atoms with Crippen molar-refractivity contribution < 1.29 is 23.9 Å². The first-order valence-corrected chi connectivity index (χ1v) is 5.77. The maximum absolute atomic E-state index is 11.6. The number of hydrogen-bond donors (Lipinski definition) is 2. The smallest absolute Gasteiger partial charge is 0.343 e. The van der Waals surface area contributed by atoms with E-state index in [0.29, 0.717) is 11.5 Å². The van der Waals surface area contributed by atoms with E-state index in [0.717, 1.165) is 5.01 Å². The molecule has 20 heavy (non-hydrogen) atoms. The van der Waals surface area contributed by atoms with E-state index in [2.05, 4.69) is 5.43 Å². The Bertz CT molecular complexity index is 546. The zero-order valence-electron chi connectivity index (χ0n) is 10.7. The van der Waals surface area contributed by atoms with Gasteiger partial charge in [-0.05, 0) is 12.1 Å². The second-order valence-electron chi connectivity index (χ2n) is 3.91. The number of carbonyl (C=O) groups excluding carboxylic acids is 3. The van der Waals surface area contributed by atoms with Crippen molar-refractivity contribution >= 4 is 17.8 Å². The molecule has 8 nitrogen and oxygen atoms in total. The van der Waals surface area contributed by atoms with Gasteiger partial charge in [0.05, 0.1) is 7.11 Å². The van der Waals surface area contributed by atoms with Gasteiger partial charge < -0.3 is 9.47 Å². The quantitative estimate of drug-likeness (QED) is 0.718. The average molecular weight is 279 g/mol. The number of hydrogen-bond acceptors (Lipinski definition) is 5. The number of methoxy groups -OCH3 is 1. The molecule has 0 bridgehead atoms. The van der Waals surface area contributed by atoms with Gasteiger partial charge in [-0.2, -0.15) is 0 Å². The highest BCUT2D eigenvalue weighted by atomic mass is 16.5. The molecule has 1 aliphatic rings. The third-order valence-electron chi connectivity index (χ3n) is 2.48. The molecular weight excluding hydrogens is 266 g/mol. The third kappa shape index (κ3) is 3.16. The monoisotopic (exact) mass is 279 g/mol. The first kappa shape index (κ1) is 13.7. The number of carbonyl (C=O) groups is 3. The van der Waals surface area contributed by atoms with E-state index in [1.165, 1.54) is 7.11 Å². The number of hydrazine groups is 1. The largest absolute Gasteiger partial charge is 0.493 e. The van der Waals surface area contributed by atoms with E-state index in [-0.39, 0.29) is 13.2 Å². The Morgan fingerprint density at radius 1 is 1.35 bits per heavy atom. The number of rotatable bonds is 5. The Morgan fingerprint density at radius 2 is 2.05 bits per heavy atom. The van der Waals surface area contributed by atoms with Crippen molar-refractivity contribution in [1.29, 1.82) is 0 Å². The summed E-state index contributed by atoms with van der Waals surface area (Å²) in [6, 6.07) is 6.19. The normalized spacial score (nSPS) is 13.9. The standard InChI is InChI=1S/C12H13N3O5/c1-19-8-4-2-3-5-9(8)20-7-11(17)14-15-6-10(16)13-12(15)18/h2-5H,6-7H2,1H3,(H,14,17)(H,13,16,18). The predicted molar refractivity (Wildman–Crippen MR) is 66.9 cm³/mol. The molecule has 1 aromatic carbocycles. The fraction of sp³-hybridized carbons (Fsp3) is 0.250. The fourth-order valence-corrected chi connectivity index (χ4v) is 1.60. The summed E-state index contributed by atoms with van der Waals surface area (Å²) in [6.07, 6.45) is 0. The number of nitrogens with zero attached hydrogens (tertiary/aromatic N) is 1. The number of ether oxygens (including phenoxy) is 2. The molecule has 0 atom stereocenters. The predicted octanol–water partition coefficient (Wildman–Crippen LogP) is -0.343. The van der Waals surface area contributed by atoms with Crippen LogP contribution in [-0.4, -0.2) is 43.1 Å². The molecule has 8 heteroatoms. The van der Waals surface area contributed by atoms with Crippen molar-refractivity contribution in [3.8, 4) is 11.5 Å². The molecule has 1 aliphatic heterocycles. The summed E-state index contributed by atoms with van der Waals surface area (Å²) in [5.41, 5.74) is 2.26. The summed E-state index contributed by atoms with van der Waals surface area (Å²) >= 11 is 0. The third-order valence-corrected chi connectivity index (χ3v) is 2.48. The number of para-hydroxylation sites is 2. The van der Waals surface area contributed by atoms with E-state index in [1.54, 1.807) is 24.3 Å². The Morgan fingerprint density at radius 3 is 2.65 bits per heavy atom. The number of amides is 4. The van der Waals surface area contributed by atoms with Crippen LogP contribution < -0.4 is 20.2 Å². The molecule has 4 amide bonds. The number of benzene rings is 1. The van der Waals surface area contributed by atoms with Gasteiger partial charge >= 0.3 is 6.03 Å². The van der Waals surface area contributed by atoms with Crippen LogP contribution in [0.4, 0.5) is 4.79 Å². The molecule has 2 rings (SSSR count). The number of urea groups is 1. The lowest BCUT2D eigenvalue weighted by Gasteiger charge is -2.15. The van der Waals surface area contributed by atoms with Crippen LogP contribution in [0.25, 0.3) is 0 Å². The molecule has 106 valence electrons. The Balaban J connectivity index is 1.86. The number of nitrogens with one attached hydrogen (secondary N) is 2. The summed E-state index contributed by atoms with van der Waals surface area (Å²) in [6.45, 7) is -0.516. The summed E-state index contributed by atoms with van der Waals surface area (Å²) in [5, 5.41) is 2.92.